The molecule has 0 aliphatic heterocycles. The molecule has 2 aromatic carbocycles. The van der Waals surface area contributed by atoms with Gasteiger partial charge in [-0.2, -0.15) is 0 Å². The second-order valence-corrected chi connectivity index (χ2v) is 4.43. The Morgan fingerprint density at radius 2 is 1.57 bits per heavy atom. The first-order valence-electron chi connectivity index (χ1n) is 6.51. The summed E-state index contributed by atoms with van der Waals surface area (Å²) in [6, 6.07) is 16.5. The van der Waals surface area contributed by atoms with Crippen LogP contribution in [0, 0.1) is 0 Å². The fourth-order valence-corrected chi connectivity index (χ4v) is 1.98. The third kappa shape index (κ3) is 3.57. The maximum atomic E-state index is 11.9. The highest BCUT2D eigenvalue weighted by Gasteiger charge is 2.13. The third-order valence-electron chi connectivity index (χ3n) is 2.91. The number of carbonyl (C=O) groups excluding carboxylic acids is 2. The summed E-state index contributed by atoms with van der Waals surface area (Å²) in [6.07, 6.45) is 1.21. The quantitative estimate of drug-likeness (QED) is 0.871. The van der Waals surface area contributed by atoms with Gasteiger partial charge in [0.2, 0.25) is 11.8 Å². The van der Waals surface area contributed by atoms with Crippen LogP contribution in [-0.4, -0.2) is 11.8 Å². The predicted molar refractivity (Wildman–Crippen MR) is 84.5 cm³/mol. The van der Waals surface area contributed by atoms with Crippen molar-refractivity contribution in [1.29, 1.82) is 0 Å². The van der Waals surface area contributed by atoms with Crippen molar-refractivity contribution in [3.63, 3.8) is 0 Å². The molecule has 2 aromatic rings. The van der Waals surface area contributed by atoms with Gasteiger partial charge in [-0.3, -0.25) is 14.5 Å². The monoisotopic (exact) mass is 280 g/mol. The highest BCUT2D eigenvalue weighted by molar-refractivity contribution is 6.00. The normalized spacial score (nSPS) is 9.76. The van der Waals surface area contributed by atoms with Gasteiger partial charge in [0.25, 0.3) is 0 Å². The van der Waals surface area contributed by atoms with E-state index in [9.17, 15) is 9.59 Å². The van der Waals surface area contributed by atoms with Gasteiger partial charge in [-0.1, -0.05) is 24.8 Å². The summed E-state index contributed by atoms with van der Waals surface area (Å²) in [5, 5.41) is 2.67. The van der Waals surface area contributed by atoms with E-state index >= 15 is 0 Å². The van der Waals surface area contributed by atoms with E-state index in [1.165, 1.54) is 13.0 Å². The molecule has 0 saturated heterocycles. The molecule has 0 unspecified atom stereocenters. The standard InChI is InChI=1S/C17H16N2O2/c1-3-17(21)18-14-9-11-16(12-10-14)19(13(2)20)15-7-5-4-6-8-15/h3-12H,1H2,2H3,(H,18,21). The lowest BCUT2D eigenvalue weighted by Gasteiger charge is -2.21. The van der Waals surface area contributed by atoms with Crippen molar-refractivity contribution in [2.24, 2.45) is 0 Å². The molecule has 0 aliphatic carbocycles. The summed E-state index contributed by atoms with van der Waals surface area (Å²) in [5.74, 6) is -0.349. The molecule has 0 radical (unpaired) electrons. The largest absolute Gasteiger partial charge is 0.323 e. The van der Waals surface area contributed by atoms with Gasteiger partial charge in [0.1, 0.15) is 0 Å². The molecule has 0 bridgehead atoms. The van der Waals surface area contributed by atoms with Crippen LogP contribution in [0.15, 0.2) is 67.3 Å². The third-order valence-corrected chi connectivity index (χ3v) is 2.91. The second-order valence-electron chi connectivity index (χ2n) is 4.43. The van der Waals surface area contributed by atoms with Gasteiger partial charge in [-0.05, 0) is 42.5 Å². The van der Waals surface area contributed by atoms with E-state index in [-0.39, 0.29) is 11.8 Å². The van der Waals surface area contributed by atoms with E-state index < -0.39 is 0 Å². The van der Waals surface area contributed by atoms with Gasteiger partial charge >= 0.3 is 0 Å². The number of anilines is 3. The van der Waals surface area contributed by atoms with Crippen molar-refractivity contribution in [1.82, 2.24) is 0 Å². The summed E-state index contributed by atoms with van der Waals surface area (Å²) in [4.78, 5) is 24.7. The first-order valence-corrected chi connectivity index (χ1v) is 6.51. The Hall–Kier alpha value is -2.88. The maximum absolute atomic E-state index is 11.9. The smallest absolute Gasteiger partial charge is 0.247 e. The van der Waals surface area contributed by atoms with E-state index in [1.54, 1.807) is 29.2 Å². The molecule has 4 heteroatoms. The van der Waals surface area contributed by atoms with Gasteiger partial charge in [-0.25, -0.2) is 0 Å². The maximum Gasteiger partial charge on any atom is 0.247 e. The van der Waals surface area contributed by atoms with Crippen molar-refractivity contribution in [2.45, 2.75) is 6.92 Å². The molecule has 2 rings (SSSR count). The van der Waals surface area contributed by atoms with Crippen molar-refractivity contribution in [3.8, 4) is 0 Å². The van der Waals surface area contributed by atoms with Crippen LogP contribution in [-0.2, 0) is 9.59 Å². The number of amides is 2. The number of carbonyl (C=O) groups is 2. The molecule has 1 N–H and O–H groups in total. The first kappa shape index (κ1) is 14.5. The summed E-state index contributed by atoms with van der Waals surface area (Å²) in [5.41, 5.74) is 2.19. The zero-order valence-corrected chi connectivity index (χ0v) is 11.7. The molecule has 0 fully saturated rings. The Labute approximate surface area is 123 Å². The van der Waals surface area contributed by atoms with E-state index in [2.05, 4.69) is 11.9 Å². The van der Waals surface area contributed by atoms with Gasteiger partial charge < -0.3 is 5.32 Å². The lowest BCUT2D eigenvalue weighted by atomic mass is 10.2. The number of hydrogen-bond acceptors (Lipinski definition) is 2. The van der Waals surface area contributed by atoms with Crippen molar-refractivity contribution >= 4 is 28.9 Å². The van der Waals surface area contributed by atoms with Crippen molar-refractivity contribution in [2.75, 3.05) is 10.2 Å². The molecule has 0 atom stereocenters. The van der Waals surface area contributed by atoms with Crippen molar-refractivity contribution < 1.29 is 9.59 Å². The summed E-state index contributed by atoms with van der Waals surface area (Å²) < 4.78 is 0. The van der Waals surface area contributed by atoms with Crippen LogP contribution >= 0.6 is 0 Å². The topological polar surface area (TPSA) is 49.4 Å². The second kappa shape index (κ2) is 6.52. The SMILES string of the molecule is C=CC(=O)Nc1ccc(N(C(C)=O)c2ccccc2)cc1. The zero-order valence-electron chi connectivity index (χ0n) is 11.7. The first-order chi connectivity index (χ1) is 10.1. The van der Waals surface area contributed by atoms with E-state index in [1.807, 2.05) is 30.3 Å². The molecule has 106 valence electrons. The molecule has 0 aromatic heterocycles. The fourth-order valence-electron chi connectivity index (χ4n) is 1.98. The Morgan fingerprint density at radius 1 is 1.00 bits per heavy atom. The van der Waals surface area contributed by atoms with Gasteiger partial charge in [-0.15, -0.1) is 0 Å². The minimum absolute atomic E-state index is 0.0796. The Morgan fingerprint density at radius 3 is 2.10 bits per heavy atom. The van der Waals surface area contributed by atoms with Crippen LogP contribution in [0.3, 0.4) is 0 Å². The van der Waals surface area contributed by atoms with E-state index in [0.717, 1.165) is 11.4 Å². The van der Waals surface area contributed by atoms with Crippen LogP contribution in [0.2, 0.25) is 0 Å². The minimum Gasteiger partial charge on any atom is -0.323 e. The van der Waals surface area contributed by atoms with E-state index in [4.69, 9.17) is 0 Å². The summed E-state index contributed by atoms with van der Waals surface area (Å²) in [6.45, 7) is 4.91. The Kier molecular flexibility index (Phi) is 4.51. The average Bonchev–Trinajstić information content (AvgIpc) is 2.50. The zero-order chi connectivity index (χ0) is 15.2. The lowest BCUT2D eigenvalue weighted by molar-refractivity contribution is -0.116. The van der Waals surface area contributed by atoms with E-state index in [0.29, 0.717) is 5.69 Å². The predicted octanol–water partition coefficient (Wildman–Crippen LogP) is 3.50. The Balaban J connectivity index is 2.28. The van der Waals surface area contributed by atoms with Crippen LogP contribution in [0.25, 0.3) is 0 Å². The van der Waals surface area contributed by atoms with Gasteiger partial charge in [0.15, 0.2) is 0 Å². The summed E-state index contributed by atoms with van der Waals surface area (Å²) >= 11 is 0. The minimum atomic E-state index is -0.269. The van der Waals surface area contributed by atoms with Crippen LogP contribution in [0.1, 0.15) is 6.92 Å². The van der Waals surface area contributed by atoms with Crippen LogP contribution < -0.4 is 10.2 Å². The Bertz CT molecular complexity index is 648. The molecular weight excluding hydrogens is 264 g/mol. The number of para-hydroxylation sites is 1. The number of hydrogen-bond donors (Lipinski definition) is 1. The van der Waals surface area contributed by atoms with Crippen molar-refractivity contribution in [3.05, 3.63) is 67.3 Å². The molecule has 0 spiro atoms. The average molecular weight is 280 g/mol. The summed E-state index contributed by atoms with van der Waals surface area (Å²) in [7, 11) is 0. The lowest BCUT2D eigenvalue weighted by Crippen LogP contribution is -2.22. The van der Waals surface area contributed by atoms with Gasteiger partial charge in [0.05, 0.1) is 0 Å². The molecule has 2 amide bonds. The molecule has 4 nitrogen and oxygen atoms in total. The number of rotatable bonds is 4. The molecule has 21 heavy (non-hydrogen) atoms. The van der Waals surface area contributed by atoms with Crippen LogP contribution in [0.4, 0.5) is 17.1 Å². The molecule has 0 saturated carbocycles. The molecule has 0 heterocycles. The van der Waals surface area contributed by atoms with Gasteiger partial charge in [0, 0.05) is 24.0 Å². The number of nitrogens with zero attached hydrogens (tertiary/aromatic N) is 1. The number of benzene rings is 2. The fraction of sp³-hybridized carbons (Fsp3) is 0.0588. The number of nitrogens with one attached hydrogen (secondary N) is 1. The highest BCUT2D eigenvalue weighted by Crippen LogP contribution is 2.26. The van der Waals surface area contributed by atoms with Crippen LogP contribution in [0.5, 0.6) is 0 Å². The highest BCUT2D eigenvalue weighted by atomic mass is 16.2. The molecular formula is C17H16N2O2. The molecule has 0 aliphatic rings.